The minimum atomic E-state index is -0.134. The first-order valence-corrected chi connectivity index (χ1v) is 6.11. The fourth-order valence-electron chi connectivity index (χ4n) is 2.58. The van der Waals surface area contributed by atoms with Gasteiger partial charge in [0.05, 0.1) is 24.7 Å². The Labute approximate surface area is 106 Å². The van der Waals surface area contributed by atoms with Crippen LogP contribution in [0.4, 0.5) is 5.69 Å². The van der Waals surface area contributed by atoms with Gasteiger partial charge in [0.15, 0.2) is 0 Å². The van der Waals surface area contributed by atoms with Gasteiger partial charge in [-0.2, -0.15) is 5.26 Å². The molecule has 4 nitrogen and oxygen atoms in total. The van der Waals surface area contributed by atoms with Crippen molar-refractivity contribution < 1.29 is 9.53 Å². The molecule has 0 aromatic heterocycles. The van der Waals surface area contributed by atoms with Gasteiger partial charge in [-0.1, -0.05) is 12.1 Å². The number of carbonyl (C=O) groups is 1. The first kappa shape index (κ1) is 11.2. The van der Waals surface area contributed by atoms with Crippen LogP contribution >= 0.6 is 0 Å². The molecule has 0 saturated carbocycles. The van der Waals surface area contributed by atoms with E-state index in [4.69, 9.17) is 10.00 Å². The number of nitrogens with one attached hydrogen (secondary N) is 1. The van der Waals surface area contributed by atoms with Gasteiger partial charge in [-0.05, 0) is 23.6 Å². The molecular weight excluding hydrogens is 228 g/mol. The Kier molecular flexibility index (Phi) is 2.57. The molecule has 92 valence electrons. The maximum Gasteiger partial charge on any atom is 0.224 e. The first-order valence-electron chi connectivity index (χ1n) is 6.11. The number of ether oxygens (including phenoxy) is 1. The number of fused-ring (bicyclic) bond motifs is 1. The number of amides is 1. The molecule has 2 heterocycles. The van der Waals surface area contributed by atoms with Crippen molar-refractivity contribution in [2.24, 2.45) is 0 Å². The Morgan fingerprint density at radius 2 is 2.22 bits per heavy atom. The van der Waals surface area contributed by atoms with Crippen LogP contribution in [-0.4, -0.2) is 19.1 Å². The monoisotopic (exact) mass is 242 g/mol. The summed E-state index contributed by atoms with van der Waals surface area (Å²) in [6.07, 6.45) is 1.80. The van der Waals surface area contributed by atoms with Gasteiger partial charge in [0.25, 0.3) is 0 Å². The predicted molar refractivity (Wildman–Crippen MR) is 66.1 cm³/mol. The average Bonchev–Trinajstić information content (AvgIpc) is 2.33. The van der Waals surface area contributed by atoms with E-state index in [0.717, 1.165) is 23.2 Å². The number of nitrogens with zero attached hydrogens (tertiary/aromatic N) is 1. The van der Waals surface area contributed by atoms with E-state index in [2.05, 4.69) is 17.5 Å². The maximum atomic E-state index is 11.3. The Morgan fingerprint density at radius 3 is 2.89 bits per heavy atom. The molecule has 2 aliphatic heterocycles. The van der Waals surface area contributed by atoms with Gasteiger partial charge in [-0.15, -0.1) is 0 Å². The van der Waals surface area contributed by atoms with E-state index in [0.29, 0.717) is 26.1 Å². The number of hydrogen-bond acceptors (Lipinski definition) is 3. The first-order chi connectivity index (χ1) is 8.73. The molecule has 0 aliphatic carbocycles. The fourth-order valence-corrected chi connectivity index (χ4v) is 2.58. The highest BCUT2D eigenvalue weighted by Gasteiger charge is 2.40. The van der Waals surface area contributed by atoms with Crippen LogP contribution in [0.3, 0.4) is 0 Å². The Hall–Kier alpha value is -1.86. The highest BCUT2D eigenvalue weighted by Crippen LogP contribution is 2.37. The molecule has 1 fully saturated rings. The molecule has 0 unspecified atom stereocenters. The molecule has 18 heavy (non-hydrogen) atoms. The summed E-state index contributed by atoms with van der Waals surface area (Å²) in [6.45, 7) is 1.23. The Bertz CT molecular complexity index is 541. The lowest BCUT2D eigenvalue weighted by molar-refractivity contribution is -0.116. The van der Waals surface area contributed by atoms with Gasteiger partial charge >= 0.3 is 0 Å². The van der Waals surface area contributed by atoms with E-state index < -0.39 is 0 Å². The van der Waals surface area contributed by atoms with Gasteiger partial charge in [0, 0.05) is 18.5 Å². The van der Waals surface area contributed by atoms with Crippen LogP contribution in [0.5, 0.6) is 0 Å². The molecule has 0 spiro atoms. The standard InChI is InChI=1S/C14H14N2O2/c15-6-5-14(8-18-9-14)11-2-3-12-10(7-11)1-4-13(17)16-12/h2-3,7H,1,4-5,8-9H2,(H,16,17). The molecular formula is C14H14N2O2. The number of anilines is 1. The highest BCUT2D eigenvalue weighted by atomic mass is 16.5. The van der Waals surface area contributed by atoms with Crippen molar-refractivity contribution in [1.29, 1.82) is 5.26 Å². The third-order valence-corrected chi connectivity index (χ3v) is 3.79. The summed E-state index contributed by atoms with van der Waals surface area (Å²) in [5.41, 5.74) is 3.09. The smallest absolute Gasteiger partial charge is 0.224 e. The molecule has 1 aromatic carbocycles. The van der Waals surface area contributed by atoms with Crippen molar-refractivity contribution in [3.8, 4) is 6.07 Å². The summed E-state index contributed by atoms with van der Waals surface area (Å²) in [5.74, 6) is 0.0777. The van der Waals surface area contributed by atoms with Gasteiger partial charge in [0.1, 0.15) is 0 Å². The molecule has 1 aromatic rings. The number of benzene rings is 1. The van der Waals surface area contributed by atoms with E-state index in [-0.39, 0.29) is 11.3 Å². The summed E-state index contributed by atoms with van der Waals surface area (Å²) >= 11 is 0. The second-order valence-electron chi connectivity index (χ2n) is 5.03. The number of hydrogen-bond donors (Lipinski definition) is 1. The third-order valence-electron chi connectivity index (χ3n) is 3.79. The lowest BCUT2D eigenvalue weighted by atomic mass is 9.75. The van der Waals surface area contributed by atoms with Crippen LogP contribution in [0, 0.1) is 11.3 Å². The fraction of sp³-hybridized carbons (Fsp3) is 0.429. The zero-order chi connectivity index (χ0) is 12.6. The van der Waals surface area contributed by atoms with Crippen molar-refractivity contribution in [3.05, 3.63) is 29.3 Å². The van der Waals surface area contributed by atoms with Crippen LogP contribution in [0.25, 0.3) is 0 Å². The van der Waals surface area contributed by atoms with Crippen molar-refractivity contribution in [2.75, 3.05) is 18.5 Å². The molecule has 1 amide bonds. The third kappa shape index (κ3) is 1.68. The van der Waals surface area contributed by atoms with Crippen LogP contribution in [0.15, 0.2) is 18.2 Å². The topological polar surface area (TPSA) is 62.1 Å². The van der Waals surface area contributed by atoms with Crippen LogP contribution in [-0.2, 0) is 21.4 Å². The Morgan fingerprint density at radius 1 is 1.39 bits per heavy atom. The number of nitriles is 1. The summed E-state index contributed by atoms with van der Waals surface area (Å²) in [4.78, 5) is 11.3. The number of rotatable bonds is 2. The van der Waals surface area contributed by atoms with Crippen LogP contribution in [0.1, 0.15) is 24.0 Å². The van der Waals surface area contributed by atoms with E-state index in [1.54, 1.807) is 0 Å². The van der Waals surface area contributed by atoms with Crippen molar-refractivity contribution in [1.82, 2.24) is 0 Å². The molecule has 0 bridgehead atoms. The van der Waals surface area contributed by atoms with Crippen LogP contribution in [0.2, 0.25) is 0 Å². The molecule has 0 atom stereocenters. The quantitative estimate of drug-likeness (QED) is 0.859. The highest BCUT2D eigenvalue weighted by molar-refractivity contribution is 5.93. The van der Waals surface area contributed by atoms with Gasteiger partial charge < -0.3 is 10.1 Å². The van der Waals surface area contributed by atoms with Gasteiger partial charge in [-0.25, -0.2) is 0 Å². The lowest BCUT2D eigenvalue weighted by Crippen LogP contribution is -2.46. The van der Waals surface area contributed by atoms with Crippen molar-refractivity contribution in [3.63, 3.8) is 0 Å². The van der Waals surface area contributed by atoms with E-state index in [1.165, 1.54) is 0 Å². The van der Waals surface area contributed by atoms with Crippen molar-refractivity contribution in [2.45, 2.75) is 24.7 Å². The molecule has 4 heteroatoms. The van der Waals surface area contributed by atoms with E-state index in [1.807, 2.05) is 12.1 Å². The summed E-state index contributed by atoms with van der Waals surface area (Å²) in [7, 11) is 0. The van der Waals surface area contributed by atoms with Crippen molar-refractivity contribution >= 4 is 11.6 Å². The minimum Gasteiger partial charge on any atom is -0.379 e. The van der Waals surface area contributed by atoms with E-state index in [9.17, 15) is 4.79 Å². The summed E-state index contributed by atoms with van der Waals surface area (Å²) in [5, 5.41) is 11.8. The predicted octanol–water partition coefficient (Wildman–Crippen LogP) is 1.75. The largest absolute Gasteiger partial charge is 0.379 e. The van der Waals surface area contributed by atoms with Gasteiger partial charge in [0.2, 0.25) is 5.91 Å². The lowest BCUT2D eigenvalue weighted by Gasteiger charge is -2.40. The van der Waals surface area contributed by atoms with Gasteiger partial charge in [-0.3, -0.25) is 4.79 Å². The number of aryl methyl sites for hydroxylation is 1. The summed E-state index contributed by atoms with van der Waals surface area (Å²) in [6, 6.07) is 8.31. The van der Waals surface area contributed by atoms with E-state index >= 15 is 0 Å². The SMILES string of the molecule is N#CCC1(c2ccc3c(c2)CCC(=O)N3)COC1. The second-order valence-corrected chi connectivity index (χ2v) is 5.03. The molecule has 3 rings (SSSR count). The summed E-state index contributed by atoms with van der Waals surface area (Å²) < 4.78 is 5.29. The maximum absolute atomic E-state index is 11.3. The molecule has 1 N–H and O–H groups in total. The zero-order valence-corrected chi connectivity index (χ0v) is 10.0. The minimum absolute atomic E-state index is 0.0777. The normalized spacial score (nSPS) is 20.3. The number of carbonyl (C=O) groups excluding carboxylic acids is 1. The molecule has 1 saturated heterocycles. The second kappa shape index (κ2) is 4.11. The molecule has 2 aliphatic rings. The average molecular weight is 242 g/mol. The molecule has 0 radical (unpaired) electrons. The zero-order valence-electron chi connectivity index (χ0n) is 10.0. The van der Waals surface area contributed by atoms with Crippen LogP contribution < -0.4 is 5.32 Å². The Balaban J connectivity index is 1.95.